The van der Waals surface area contributed by atoms with Gasteiger partial charge in [-0.15, -0.1) is 12.4 Å². The maximum Gasteiger partial charge on any atom is 0.259 e. The van der Waals surface area contributed by atoms with Gasteiger partial charge < -0.3 is 24.8 Å². The number of carbonyl (C=O) groups is 1. The molecule has 9 heteroatoms. The van der Waals surface area contributed by atoms with Gasteiger partial charge in [-0.3, -0.25) is 4.79 Å². The SMILES string of the molecule is COc1cc(-c2onc(N(C)C)c2C(=O)NC2CCNCC2)ccc1F.Cl. The van der Waals surface area contributed by atoms with Crippen molar-refractivity contribution >= 4 is 24.1 Å². The molecule has 1 amide bonds. The van der Waals surface area contributed by atoms with Gasteiger partial charge in [0.2, 0.25) is 0 Å². The number of amides is 1. The number of benzene rings is 1. The van der Waals surface area contributed by atoms with E-state index >= 15 is 0 Å². The molecule has 0 atom stereocenters. The number of nitrogens with zero attached hydrogens (tertiary/aromatic N) is 2. The molecule has 148 valence electrons. The van der Waals surface area contributed by atoms with Crippen molar-refractivity contribution in [2.24, 2.45) is 0 Å². The van der Waals surface area contributed by atoms with Crippen LogP contribution in [0.3, 0.4) is 0 Å². The zero-order valence-corrected chi connectivity index (χ0v) is 16.4. The number of anilines is 1. The number of ether oxygens (including phenoxy) is 1. The van der Waals surface area contributed by atoms with Crippen molar-refractivity contribution in [1.82, 2.24) is 15.8 Å². The highest BCUT2D eigenvalue weighted by Crippen LogP contribution is 2.33. The summed E-state index contributed by atoms with van der Waals surface area (Å²) in [6.45, 7) is 1.74. The van der Waals surface area contributed by atoms with Crippen molar-refractivity contribution < 1.29 is 18.4 Å². The molecule has 1 aromatic heterocycles. The van der Waals surface area contributed by atoms with E-state index in [9.17, 15) is 9.18 Å². The summed E-state index contributed by atoms with van der Waals surface area (Å²) in [6.07, 6.45) is 1.74. The average molecular weight is 399 g/mol. The number of rotatable bonds is 5. The van der Waals surface area contributed by atoms with Gasteiger partial charge in [0.1, 0.15) is 5.56 Å². The lowest BCUT2D eigenvalue weighted by Gasteiger charge is -2.24. The fourth-order valence-corrected chi connectivity index (χ4v) is 3.01. The largest absolute Gasteiger partial charge is 0.494 e. The van der Waals surface area contributed by atoms with Crippen molar-refractivity contribution in [3.63, 3.8) is 0 Å². The van der Waals surface area contributed by atoms with E-state index in [1.165, 1.54) is 19.2 Å². The summed E-state index contributed by atoms with van der Waals surface area (Å²) in [6, 6.07) is 4.42. The molecule has 1 fully saturated rings. The first-order valence-electron chi connectivity index (χ1n) is 8.53. The van der Waals surface area contributed by atoms with Crippen molar-refractivity contribution in [3.8, 4) is 17.1 Å². The lowest BCUT2D eigenvalue weighted by atomic mass is 10.0. The Labute approximate surface area is 163 Å². The Balaban J connectivity index is 0.00000261. The van der Waals surface area contributed by atoms with Crippen molar-refractivity contribution in [1.29, 1.82) is 0 Å². The van der Waals surface area contributed by atoms with Gasteiger partial charge in [-0.1, -0.05) is 5.16 Å². The van der Waals surface area contributed by atoms with E-state index in [0.717, 1.165) is 25.9 Å². The Morgan fingerprint density at radius 3 is 2.70 bits per heavy atom. The van der Waals surface area contributed by atoms with Gasteiger partial charge in [-0.05, 0) is 44.1 Å². The van der Waals surface area contributed by atoms with Crippen LogP contribution in [0.2, 0.25) is 0 Å². The van der Waals surface area contributed by atoms with Crippen LogP contribution in [-0.4, -0.2) is 51.4 Å². The number of halogens is 2. The minimum atomic E-state index is -0.482. The predicted molar refractivity (Wildman–Crippen MR) is 103 cm³/mol. The van der Waals surface area contributed by atoms with Crippen LogP contribution in [0.25, 0.3) is 11.3 Å². The molecule has 3 rings (SSSR count). The summed E-state index contributed by atoms with van der Waals surface area (Å²) in [7, 11) is 4.96. The predicted octanol–water partition coefficient (Wildman–Crippen LogP) is 2.46. The molecule has 1 aliphatic heterocycles. The second kappa shape index (κ2) is 9.05. The zero-order chi connectivity index (χ0) is 18.7. The average Bonchev–Trinajstić information content (AvgIpc) is 3.08. The summed E-state index contributed by atoms with van der Waals surface area (Å²) < 4.78 is 24.2. The molecule has 2 aromatic rings. The summed E-state index contributed by atoms with van der Waals surface area (Å²) in [5, 5.41) is 10.4. The molecule has 0 unspecified atom stereocenters. The van der Waals surface area contributed by atoms with Crippen LogP contribution in [0.15, 0.2) is 22.7 Å². The van der Waals surface area contributed by atoms with Crippen LogP contribution in [0.5, 0.6) is 5.75 Å². The van der Waals surface area contributed by atoms with Crippen LogP contribution in [0.4, 0.5) is 10.2 Å². The van der Waals surface area contributed by atoms with Crippen LogP contribution >= 0.6 is 12.4 Å². The molecular weight excluding hydrogens is 375 g/mol. The molecule has 27 heavy (non-hydrogen) atoms. The molecule has 2 heterocycles. The van der Waals surface area contributed by atoms with Gasteiger partial charge in [-0.2, -0.15) is 0 Å². The second-order valence-corrected chi connectivity index (χ2v) is 6.45. The number of carbonyl (C=O) groups excluding carboxylic acids is 1. The van der Waals surface area contributed by atoms with Crippen molar-refractivity contribution in [2.75, 3.05) is 39.2 Å². The minimum Gasteiger partial charge on any atom is -0.494 e. The van der Waals surface area contributed by atoms with E-state index < -0.39 is 5.82 Å². The van der Waals surface area contributed by atoms with Gasteiger partial charge in [0, 0.05) is 25.7 Å². The van der Waals surface area contributed by atoms with Crippen LogP contribution in [0.1, 0.15) is 23.2 Å². The topological polar surface area (TPSA) is 79.6 Å². The molecule has 1 aliphatic rings. The normalized spacial score (nSPS) is 14.4. The molecule has 0 spiro atoms. The summed E-state index contributed by atoms with van der Waals surface area (Å²) in [5.74, 6) is 0.0626. The first-order chi connectivity index (χ1) is 12.5. The highest BCUT2D eigenvalue weighted by atomic mass is 35.5. The molecule has 7 nitrogen and oxygen atoms in total. The molecule has 1 saturated heterocycles. The summed E-state index contributed by atoms with van der Waals surface area (Å²) in [4.78, 5) is 14.7. The highest BCUT2D eigenvalue weighted by Gasteiger charge is 2.28. The second-order valence-electron chi connectivity index (χ2n) is 6.45. The Morgan fingerprint density at radius 1 is 1.37 bits per heavy atom. The summed E-state index contributed by atoms with van der Waals surface area (Å²) >= 11 is 0. The van der Waals surface area contributed by atoms with Crippen LogP contribution in [-0.2, 0) is 0 Å². The smallest absolute Gasteiger partial charge is 0.259 e. The van der Waals surface area contributed by atoms with Gasteiger partial charge >= 0.3 is 0 Å². The molecule has 0 aliphatic carbocycles. The van der Waals surface area contributed by atoms with E-state index in [1.54, 1.807) is 25.1 Å². The van der Waals surface area contributed by atoms with Gasteiger partial charge in [0.25, 0.3) is 5.91 Å². The molecule has 0 saturated carbocycles. The standard InChI is InChI=1S/C18H23FN4O3.ClH/c1-23(2)17-15(18(24)21-12-6-8-20-9-7-12)16(26-22-17)11-4-5-13(19)14(10-11)25-3;/h4-5,10,12,20H,6-9H2,1-3H3,(H,21,24);1H. The number of methoxy groups -OCH3 is 1. The number of nitrogens with one attached hydrogen (secondary N) is 2. The Kier molecular flexibility index (Phi) is 7.04. The monoisotopic (exact) mass is 398 g/mol. The van der Waals surface area contributed by atoms with Gasteiger partial charge in [0.05, 0.1) is 7.11 Å². The van der Waals surface area contributed by atoms with Crippen molar-refractivity contribution in [3.05, 3.63) is 29.6 Å². The highest BCUT2D eigenvalue weighted by molar-refractivity contribution is 6.04. The van der Waals surface area contributed by atoms with Crippen molar-refractivity contribution in [2.45, 2.75) is 18.9 Å². The third kappa shape index (κ3) is 4.51. The van der Waals surface area contributed by atoms with Crippen LogP contribution in [0, 0.1) is 5.82 Å². The van der Waals surface area contributed by atoms with E-state index in [1.807, 2.05) is 0 Å². The molecular formula is C18H24ClFN4O3. The Morgan fingerprint density at radius 2 is 2.07 bits per heavy atom. The maximum atomic E-state index is 13.7. The number of piperidine rings is 1. The first-order valence-corrected chi connectivity index (χ1v) is 8.53. The zero-order valence-electron chi connectivity index (χ0n) is 15.5. The van der Waals surface area contributed by atoms with E-state index in [4.69, 9.17) is 9.26 Å². The Hall–Kier alpha value is -2.32. The molecule has 2 N–H and O–H groups in total. The third-order valence-corrected chi connectivity index (χ3v) is 4.41. The minimum absolute atomic E-state index is 0. The van der Waals surface area contributed by atoms with E-state index in [-0.39, 0.29) is 30.1 Å². The van der Waals surface area contributed by atoms with E-state index in [0.29, 0.717) is 22.7 Å². The number of hydrogen-bond donors (Lipinski definition) is 2. The lowest BCUT2D eigenvalue weighted by Crippen LogP contribution is -2.43. The summed E-state index contributed by atoms with van der Waals surface area (Å²) in [5.41, 5.74) is 0.863. The fraction of sp³-hybridized carbons (Fsp3) is 0.444. The number of hydrogen-bond acceptors (Lipinski definition) is 6. The Bertz CT molecular complexity index is 791. The fourth-order valence-electron chi connectivity index (χ4n) is 3.01. The van der Waals surface area contributed by atoms with Gasteiger partial charge in [0.15, 0.2) is 23.1 Å². The quantitative estimate of drug-likeness (QED) is 0.805. The van der Waals surface area contributed by atoms with Crippen LogP contribution < -0.4 is 20.3 Å². The lowest BCUT2D eigenvalue weighted by molar-refractivity contribution is 0.0930. The third-order valence-electron chi connectivity index (χ3n) is 4.41. The molecule has 0 radical (unpaired) electrons. The van der Waals surface area contributed by atoms with Gasteiger partial charge in [-0.25, -0.2) is 4.39 Å². The molecule has 1 aromatic carbocycles. The maximum absolute atomic E-state index is 13.7. The molecule has 0 bridgehead atoms. The van der Waals surface area contributed by atoms with E-state index in [2.05, 4.69) is 15.8 Å². The first kappa shape index (κ1) is 21.0. The number of aromatic nitrogens is 1.